The van der Waals surface area contributed by atoms with Crippen LogP contribution in [-0.4, -0.2) is 24.3 Å². The number of ether oxygens (including phenoxy) is 1. The van der Waals surface area contributed by atoms with Gasteiger partial charge in [-0.15, -0.1) is 6.58 Å². The maximum absolute atomic E-state index is 6.45. The van der Waals surface area contributed by atoms with Crippen LogP contribution in [0, 0.1) is 5.41 Å². The van der Waals surface area contributed by atoms with E-state index in [0.717, 1.165) is 19.0 Å². The summed E-state index contributed by atoms with van der Waals surface area (Å²) >= 11 is 0. The van der Waals surface area contributed by atoms with Crippen molar-refractivity contribution in [2.75, 3.05) is 6.54 Å². The molecule has 2 aliphatic carbocycles. The Balaban J connectivity index is 1.52. The van der Waals surface area contributed by atoms with Gasteiger partial charge in [-0.1, -0.05) is 25.8 Å². The first-order valence-corrected chi connectivity index (χ1v) is 8.18. The average Bonchev–Trinajstić information content (AvgIpc) is 3.02. The van der Waals surface area contributed by atoms with E-state index in [1.54, 1.807) is 0 Å². The summed E-state index contributed by atoms with van der Waals surface area (Å²) in [6.07, 6.45) is 14.3. The van der Waals surface area contributed by atoms with Gasteiger partial charge < -0.3 is 10.1 Å². The Morgan fingerprint density at radius 3 is 2.63 bits per heavy atom. The zero-order chi connectivity index (χ0) is 13.3. The molecule has 0 aromatic carbocycles. The van der Waals surface area contributed by atoms with Crippen LogP contribution < -0.4 is 5.32 Å². The van der Waals surface area contributed by atoms with Crippen LogP contribution in [0.5, 0.6) is 0 Å². The second-order valence-corrected chi connectivity index (χ2v) is 7.39. The van der Waals surface area contributed by atoms with E-state index < -0.39 is 0 Å². The quantitative estimate of drug-likeness (QED) is 0.736. The van der Waals surface area contributed by atoms with Gasteiger partial charge in [-0.25, -0.2) is 0 Å². The Morgan fingerprint density at radius 1 is 1.26 bits per heavy atom. The van der Waals surface area contributed by atoms with Gasteiger partial charge in [0.2, 0.25) is 0 Å². The van der Waals surface area contributed by atoms with Gasteiger partial charge in [0, 0.05) is 18.0 Å². The molecule has 2 saturated carbocycles. The molecule has 1 N–H and O–H groups in total. The maximum atomic E-state index is 6.45. The van der Waals surface area contributed by atoms with Crippen molar-refractivity contribution in [3.63, 3.8) is 0 Å². The lowest BCUT2D eigenvalue weighted by Crippen LogP contribution is -2.35. The highest BCUT2D eigenvalue weighted by Gasteiger charge is 2.43. The summed E-state index contributed by atoms with van der Waals surface area (Å²) in [5.41, 5.74) is 0.466. The summed E-state index contributed by atoms with van der Waals surface area (Å²) < 4.78 is 6.45. The molecule has 3 fully saturated rings. The summed E-state index contributed by atoms with van der Waals surface area (Å²) in [6, 6.07) is 0.782. The first-order valence-electron chi connectivity index (χ1n) is 8.18. The third kappa shape index (κ3) is 3.22. The lowest BCUT2D eigenvalue weighted by atomic mass is 9.83. The normalized spacial score (nSPS) is 32.6. The van der Waals surface area contributed by atoms with Crippen LogP contribution in [-0.2, 0) is 4.74 Å². The van der Waals surface area contributed by atoms with E-state index in [1.165, 1.54) is 51.4 Å². The van der Waals surface area contributed by atoms with Crippen molar-refractivity contribution in [1.82, 2.24) is 5.32 Å². The molecule has 19 heavy (non-hydrogen) atoms. The molecular weight excluding hydrogens is 234 g/mol. The number of hydrogen-bond donors (Lipinski definition) is 1. The van der Waals surface area contributed by atoms with Crippen molar-refractivity contribution < 1.29 is 4.74 Å². The molecule has 2 nitrogen and oxygen atoms in total. The third-order valence-electron chi connectivity index (χ3n) is 5.41. The van der Waals surface area contributed by atoms with E-state index in [2.05, 4.69) is 24.9 Å². The fourth-order valence-electron chi connectivity index (χ4n) is 3.84. The summed E-state index contributed by atoms with van der Waals surface area (Å²) in [4.78, 5) is 0. The molecule has 3 aliphatic rings. The van der Waals surface area contributed by atoms with Gasteiger partial charge in [0.05, 0.1) is 11.7 Å². The molecule has 1 spiro atoms. The first kappa shape index (κ1) is 13.6. The summed E-state index contributed by atoms with van der Waals surface area (Å²) in [5, 5.41) is 3.66. The monoisotopic (exact) mass is 263 g/mol. The highest BCUT2D eigenvalue weighted by atomic mass is 16.5. The van der Waals surface area contributed by atoms with E-state index in [-0.39, 0.29) is 11.0 Å². The van der Waals surface area contributed by atoms with Crippen molar-refractivity contribution in [2.45, 2.75) is 82.5 Å². The standard InChI is InChI=1S/C17H29NO/c1-3-16(2,13-18-14-6-7-14)12-15-8-11-17(19-15)9-4-5-10-17/h3,14-15,18H,1,4-13H2,2H3. The van der Waals surface area contributed by atoms with Crippen LogP contribution in [0.2, 0.25) is 0 Å². The fraction of sp³-hybridized carbons (Fsp3) is 0.882. The molecule has 2 atom stereocenters. The van der Waals surface area contributed by atoms with Gasteiger partial charge in [-0.2, -0.15) is 0 Å². The Morgan fingerprint density at radius 2 is 2.00 bits per heavy atom. The molecule has 0 radical (unpaired) electrons. The molecule has 3 rings (SSSR count). The third-order valence-corrected chi connectivity index (χ3v) is 5.41. The molecule has 1 saturated heterocycles. The zero-order valence-corrected chi connectivity index (χ0v) is 12.4. The molecule has 2 heteroatoms. The molecule has 1 heterocycles. The molecular formula is C17H29NO. The topological polar surface area (TPSA) is 21.3 Å². The van der Waals surface area contributed by atoms with Crippen molar-refractivity contribution in [3.8, 4) is 0 Å². The highest BCUT2D eigenvalue weighted by Crippen LogP contribution is 2.45. The van der Waals surface area contributed by atoms with Crippen molar-refractivity contribution in [1.29, 1.82) is 0 Å². The lowest BCUT2D eigenvalue weighted by molar-refractivity contribution is -0.0479. The minimum Gasteiger partial charge on any atom is -0.372 e. The summed E-state index contributed by atoms with van der Waals surface area (Å²) in [5.74, 6) is 0. The van der Waals surface area contributed by atoms with Gasteiger partial charge in [-0.3, -0.25) is 0 Å². The largest absolute Gasteiger partial charge is 0.372 e. The highest BCUT2D eigenvalue weighted by molar-refractivity contribution is 5.00. The Labute approximate surface area is 118 Å². The SMILES string of the molecule is C=CC(C)(CNC1CC1)CC1CCC2(CCCC2)O1. The van der Waals surface area contributed by atoms with E-state index >= 15 is 0 Å². The van der Waals surface area contributed by atoms with Crippen LogP contribution in [0.4, 0.5) is 0 Å². The van der Waals surface area contributed by atoms with E-state index in [0.29, 0.717) is 6.10 Å². The van der Waals surface area contributed by atoms with E-state index in [4.69, 9.17) is 4.74 Å². The predicted molar refractivity (Wildman–Crippen MR) is 79.3 cm³/mol. The van der Waals surface area contributed by atoms with Gasteiger partial charge in [0.25, 0.3) is 0 Å². The lowest BCUT2D eigenvalue weighted by Gasteiger charge is -2.31. The average molecular weight is 263 g/mol. The van der Waals surface area contributed by atoms with Crippen molar-refractivity contribution in [2.24, 2.45) is 5.41 Å². The Kier molecular flexibility index (Phi) is 3.74. The van der Waals surface area contributed by atoms with Gasteiger partial charge >= 0.3 is 0 Å². The fourth-order valence-corrected chi connectivity index (χ4v) is 3.84. The first-order chi connectivity index (χ1) is 9.13. The maximum Gasteiger partial charge on any atom is 0.0687 e. The van der Waals surface area contributed by atoms with Crippen molar-refractivity contribution in [3.05, 3.63) is 12.7 Å². The zero-order valence-electron chi connectivity index (χ0n) is 12.4. The number of nitrogens with one attached hydrogen (secondary N) is 1. The minimum absolute atomic E-state index is 0.192. The Hall–Kier alpha value is -0.340. The molecule has 2 unspecified atom stereocenters. The number of hydrogen-bond acceptors (Lipinski definition) is 2. The summed E-state index contributed by atoms with van der Waals surface area (Å²) in [7, 11) is 0. The van der Waals surface area contributed by atoms with Gasteiger partial charge in [0.1, 0.15) is 0 Å². The smallest absolute Gasteiger partial charge is 0.0687 e. The summed E-state index contributed by atoms with van der Waals surface area (Å²) in [6.45, 7) is 7.46. The molecule has 1 aliphatic heterocycles. The molecule has 108 valence electrons. The molecule has 0 bridgehead atoms. The van der Waals surface area contributed by atoms with Gasteiger partial charge in [0.15, 0.2) is 0 Å². The Bertz CT molecular complexity index is 330. The van der Waals surface area contributed by atoms with Crippen LogP contribution in [0.3, 0.4) is 0 Å². The van der Waals surface area contributed by atoms with Crippen molar-refractivity contribution >= 4 is 0 Å². The predicted octanol–water partition coefficient (Wildman–Crippen LogP) is 3.81. The van der Waals surface area contributed by atoms with E-state index in [1.807, 2.05) is 0 Å². The second kappa shape index (κ2) is 5.21. The van der Waals surface area contributed by atoms with Crippen LogP contribution in [0.25, 0.3) is 0 Å². The molecule has 0 amide bonds. The van der Waals surface area contributed by atoms with Crippen LogP contribution in [0.1, 0.15) is 64.7 Å². The molecule has 0 aromatic rings. The van der Waals surface area contributed by atoms with E-state index in [9.17, 15) is 0 Å². The van der Waals surface area contributed by atoms with Crippen LogP contribution >= 0.6 is 0 Å². The van der Waals surface area contributed by atoms with Gasteiger partial charge in [-0.05, 0) is 44.9 Å². The molecule has 0 aromatic heterocycles. The minimum atomic E-state index is 0.192. The second-order valence-electron chi connectivity index (χ2n) is 7.39. The van der Waals surface area contributed by atoms with Crippen LogP contribution in [0.15, 0.2) is 12.7 Å². The number of rotatable bonds is 6.